The van der Waals surface area contributed by atoms with Crippen LogP contribution >= 0.6 is 0 Å². The van der Waals surface area contributed by atoms with Gasteiger partial charge in [0.1, 0.15) is 23.0 Å². The molecule has 3 aromatic heterocycles. The third-order valence-electron chi connectivity index (χ3n) is 5.20. The van der Waals surface area contributed by atoms with E-state index in [4.69, 9.17) is 15.0 Å². The Kier molecular flexibility index (Phi) is 4.99. The minimum absolute atomic E-state index is 0.0999. The standard InChI is InChI=1S/C25H30FN5/c1-15-27-19-13-12-18(28-22(19)31(15)14-24(2,3)4)21-20(16-8-10-17(26)11-9-16)29-23(30-21)25(5,6)7/h8-13H,14H2,1-7H3,(H,29,30). The summed E-state index contributed by atoms with van der Waals surface area (Å²) < 4.78 is 15.7. The molecule has 4 rings (SSSR count). The molecule has 0 spiro atoms. The summed E-state index contributed by atoms with van der Waals surface area (Å²) in [5, 5.41) is 0. The van der Waals surface area contributed by atoms with E-state index < -0.39 is 0 Å². The van der Waals surface area contributed by atoms with Crippen molar-refractivity contribution in [3.05, 3.63) is 53.9 Å². The van der Waals surface area contributed by atoms with Crippen LogP contribution in [0.4, 0.5) is 4.39 Å². The van der Waals surface area contributed by atoms with Gasteiger partial charge in [-0.15, -0.1) is 0 Å². The lowest BCUT2D eigenvalue weighted by atomic mass is 9.96. The minimum atomic E-state index is -0.266. The van der Waals surface area contributed by atoms with Gasteiger partial charge in [0.15, 0.2) is 5.65 Å². The van der Waals surface area contributed by atoms with Crippen LogP contribution in [0.2, 0.25) is 0 Å². The smallest absolute Gasteiger partial charge is 0.160 e. The fourth-order valence-corrected chi connectivity index (χ4v) is 3.65. The number of hydrogen-bond donors (Lipinski definition) is 1. The fraction of sp³-hybridized carbons (Fsp3) is 0.400. The lowest BCUT2D eigenvalue weighted by molar-refractivity contribution is 0.344. The first-order valence-electron chi connectivity index (χ1n) is 10.6. The van der Waals surface area contributed by atoms with E-state index in [1.807, 2.05) is 19.1 Å². The molecule has 1 N–H and O–H groups in total. The SMILES string of the molecule is Cc1nc2ccc(-c3[nH]c(C(C)(C)C)nc3-c3ccc(F)cc3)nc2n1CC(C)(C)C. The number of nitrogens with zero attached hydrogens (tertiary/aromatic N) is 4. The van der Waals surface area contributed by atoms with Crippen molar-refractivity contribution >= 4 is 11.2 Å². The molecule has 0 aliphatic rings. The van der Waals surface area contributed by atoms with Gasteiger partial charge in [-0.2, -0.15) is 0 Å². The Balaban J connectivity index is 1.91. The summed E-state index contributed by atoms with van der Waals surface area (Å²) in [6, 6.07) is 10.4. The number of fused-ring (bicyclic) bond motifs is 1. The number of H-pyrrole nitrogens is 1. The van der Waals surface area contributed by atoms with Crippen LogP contribution in [0.3, 0.4) is 0 Å². The average Bonchev–Trinajstić information content (AvgIpc) is 3.23. The van der Waals surface area contributed by atoms with Crippen molar-refractivity contribution in [3.8, 4) is 22.6 Å². The maximum absolute atomic E-state index is 13.5. The van der Waals surface area contributed by atoms with E-state index in [0.29, 0.717) is 0 Å². The Labute approximate surface area is 182 Å². The molecule has 0 atom stereocenters. The molecule has 0 amide bonds. The van der Waals surface area contributed by atoms with Crippen molar-refractivity contribution in [1.82, 2.24) is 24.5 Å². The molecule has 0 radical (unpaired) electrons. The number of aryl methyl sites for hydroxylation is 1. The highest BCUT2D eigenvalue weighted by Gasteiger charge is 2.24. The molecule has 5 nitrogen and oxygen atoms in total. The molecule has 0 saturated heterocycles. The first-order valence-corrected chi connectivity index (χ1v) is 10.6. The number of aromatic amines is 1. The maximum atomic E-state index is 13.5. The number of aromatic nitrogens is 5. The van der Waals surface area contributed by atoms with Crippen molar-refractivity contribution in [2.24, 2.45) is 5.41 Å². The highest BCUT2D eigenvalue weighted by Crippen LogP contribution is 2.34. The largest absolute Gasteiger partial charge is 0.340 e. The van der Waals surface area contributed by atoms with Crippen LogP contribution in [0.25, 0.3) is 33.8 Å². The van der Waals surface area contributed by atoms with Gasteiger partial charge in [0, 0.05) is 17.5 Å². The minimum Gasteiger partial charge on any atom is -0.340 e. The predicted octanol–water partition coefficient (Wildman–Crippen LogP) is 6.28. The number of pyridine rings is 1. The normalized spacial score (nSPS) is 12.6. The van der Waals surface area contributed by atoms with Gasteiger partial charge in [-0.05, 0) is 48.7 Å². The van der Waals surface area contributed by atoms with Crippen LogP contribution in [0.5, 0.6) is 0 Å². The average molecular weight is 420 g/mol. The summed E-state index contributed by atoms with van der Waals surface area (Å²) >= 11 is 0. The molecule has 0 saturated carbocycles. The van der Waals surface area contributed by atoms with Crippen molar-refractivity contribution in [2.45, 2.75) is 60.4 Å². The lowest BCUT2D eigenvalue weighted by Crippen LogP contribution is -2.16. The summed E-state index contributed by atoms with van der Waals surface area (Å²) in [6.07, 6.45) is 0. The number of benzene rings is 1. The summed E-state index contributed by atoms with van der Waals surface area (Å²) in [4.78, 5) is 18.1. The highest BCUT2D eigenvalue weighted by molar-refractivity contribution is 5.81. The molecule has 31 heavy (non-hydrogen) atoms. The van der Waals surface area contributed by atoms with E-state index in [1.165, 1.54) is 12.1 Å². The third-order valence-corrected chi connectivity index (χ3v) is 5.20. The molecule has 162 valence electrons. The summed E-state index contributed by atoms with van der Waals surface area (Å²) in [6.45, 7) is 15.8. The van der Waals surface area contributed by atoms with E-state index >= 15 is 0 Å². The third kappa shape index (κ3) is 4.24. The second-order valence-corrected chi connectivity index (χ2v) is 10.4. The molecule has 0 aliphatic carbocycles. The first kappa shape index (κ1) is 21.2. The van der Waals surface area contributed by atoms with Gasteiger partial charge in [-0.3, -0.25) is 0 Å². The topological polar surface area (TPSA) is 59.4 Å². The van der Waals surface area contributed by atoms with Gasteiger partial charge >= 0.3 is 0 Å². The molecule has 3 heterocycles. The van der Waals surface area contributed by atoms with Gasteiger partial charge in [0.2, 0.25) is 0 Å². The fourth-order valence-electron chi connectivity index (χ4n) is 3.65. The van der Waals surface area contributed by atoms with Crippen LogP contribution in [0.1, 0.15) is 53.2 Å². The number of rotatable bonds is 3. The van der Waals surface area contributed by atoms with Crippen molar-refractivity contribution < 1.29 is 4.39 Å². The van der Waals surface area contributed by atoms with Gasteiger partial charge in [-0.1, -0.05) is 41.5 Å². The van der Waals surface area contributed by atoms with Gasteiger partial charge in [0.05, 0.1) is 17.1 Å². The molecule has 0 fully saturated rings. The predicted molar refractivity (Wildman–Crippen MR) is 123 cm³/mol. The Morgan fingerprint density at radius 2 is 1.58 bits per heavy atom. The number of imidazole rings is 2. The van der Waals surface area contributed by atoms with Crippen molar-refractivity contribution in [2.75, 3.05) is 0 Å². The number of nitrogens with one attached hydrogen (secondary N) is 1. The van der Waals surface area contributed by atoms with E-state index in [2.05, 4.69) is 51.1 Å². The van der Waals surface area contributed by atoms with Gasteiger partial charge < -0.3 is 9.55 Å². The summed E-state index contributed by atoms with van der Waals surface area (Å²) in [5.74, 6) is 1.55. The van der Waals surface area contributed by atoms with E-state index in [-0.39, 0.29) is 16.6 Å². The Morgan fingerprint density at radius 3 is 2.19 bits per heavy atom. The van der Waals surface area contributed by atoms with Crippen LogP contribution in [-0.2, 0) is 12.0 Å². The molecule has 1 aromatic carbocycles. The zero-order valence-electron chi connectivity index (χ0n) is 19.3. The summed E-state index contributed by atoms with van der Waals surface area (Å²) in [7, 11) is 0. The van der Waals surface area contributed by atoms with Crippen LogP contribution < -0.4 is 0 Å². The monoisotopic (exact) mass is 419 g/mol. The van der Waals surface area contributed by atoms with Crippen molar-refractivity contribution in [1.29, 1.82) is 0 Å². The second kappa shape index (κ2) is 7.29. The summed E-state index contributed by atoms with van der Waals surface area (Å²) in [5.41, 5.74) is 4.93. The Morgan fingerprint density at radius 1 is 0.903 bits per heavy atom. The zero-order valence-corrected chi connectivity index (χ0v) is 19.3. The molecular formula is C25H30FN5. The quantitative estimate of drug-likeness (QED) is 0.425. The Hall–Kier alpha value is -3.02. The molecule has 0 aliphatic heterocycles. The first-order chi connectivity index (χ1) is 14.4. The molecule has 6 heteroatoms. The lowest BCUT2D eigenvalue weighted by Gasteiger charge is -2.20. The molecular weight excluding hydrogens is 389 g/mol. The molecule has 0 unspecified atom stereocenters. The number of hydrogen-bond acceptors (Lipinski definition) is 3. The molecule has 4 aromatic rings. The van der Waals surface area contributed by atoms with E-state index in [1.54, 1.807) is 12.1 Å². The van der Waals surface area contributed by atoms with E-state index in [9.17, 15) is 4.39 Å². The van der Waals surface area contributed by atoms with E-state index in [0.717, 1.165) is 52.0 Å². The maximum Gasteiger partial charge on any atom is 0.160 e. The molecule has 0 bridgehead atoms. The number of halogens is 1. The Bertz CT molecular complexity index is 1230. The van der Waals surface area contributed by atoms with Crippen LogP contribution in [0, 0.1) is 18.2 Å². The zero-order chi connectivity index (χ0) is 22.6. The highest BCUT2D eigenvalue weighted by atomic mass is 19.1. The van der Waals surface area contributed by atoms with Crippen LogP contribution in [-0.4, -0.2) is 24.5 Å². The van der Waals surface area contributed by atoms with Crippen molar-refractivity contribution in [3.63, 3.8) is 0 Å². The van der Waals surface area contributed by atoms with Crippen LogP contribution in [0.15, 0.2) is 36.4 Å². The van der Waals surface area contributed by atoms with Gasteiger partial charge in [0.25, 0.3) is 0 Å². The second-order valence-electron chi connectivity index (χ2n) is 10.4. The van der Waals surface area contributed by atoms with Gasteiger partial charge in [-0.25, -0.2) is 19.3 Å².